The van der Waals surface area contributed by atoms with E-state index < -0.39 is 0 Å². The van der Waals surface area contributed by atoms with Gasteiger partial charge in [0.15, 0.2) is 0 Å². The van der Waals surface area contributed by atoms with E-state index in [-0.39, 0.29) is 16.7 Å². The molecule has 20 heavy (non-hydrogen) atoms. The Morgan fingerprint density at radius 2 is 2.05 bits per heavy atom. The highest BCUT2D eigenvalue weighted by Crippen LogP contribution is 2.28. The summed E-state index contributed by atoms with van der Waals surface area (Å²) in [5.41, 5.74) is 0.508. The zero-order valence-corrected chi connectivity index (χ0v) is 13.2. The topological polar surface area (TPSA) is 76.2 Å². The molecule has 1 unspecified atom stereocenters. The molecular formula is C13H25N5O2. The molecule has 1 atom stereocenters. The molecule has 0 bridgehead atoms. The van der Waals surface area contributed by atoms with E-state index in [1.165, 1.54) is 0 Å². The summed E-state index contributed by atoms with van der Waals surface area (Å²) in [4.78, 5) is 12.9. The molecule has 1 aromatic rings. The number of nitrogens with zero attached hydrogens (tertiary/aromatic N) is 4. The summed E-state index contributed by atoms with van der Waals surface area (Å²) in [6.07, 6.45) is 0.944. The third-order valence-electron chi connectivity index (χ3n) is 3.06. The van der Waals surface area contributed by atoms with Crippen molar-refractivity contribution in [2.24, 2.45) is 13.0 Å². The summed E-state index contributed by atoms with van der Waals surface area (Å²) >= 11 is 0. The Morgan fingerprint density at radius 3 is 2.50 bits per heavy atom. The van der Waals surface area contributed by atoms with E-state index in [4.69, 9.17) is 0 Å². The molecule has 0 aliphatic rings. The van der Waals surface area contributed by atoms with Crippen molar-refractivity contribution in [3.8, 4) is 0 Å². The molecule has 0 saturated carbocycles. The van der Waals surface area contributed by atoms with E-state index in [1.807, 2.05) is 14.1 Å². The van der Waals surface area contributed by atoms with Gasteiger partial charge in [-0.1, -0.05) is 13.8 Å². The fourth-order valence-corrected chi connectivity index (χ4v) is 2.41. The second kappa shape index (κ2) is 6.69. The minimum atomic E-state index is -0.368. The molecule has 0 amide bonds. The lowest BCUT2D eigenvalue weighted by Gasteiger charge is -2.24. The van der Waals surface area contributed by atoms with Crippen LogP contribution in [0.3, 0.4) is 0 Å². The van der Waals surface area contributed by atoms with Gasteiger partial charge < -0.3 is 10.2 Å². The van der Waals surface area contributed by atoms with Gasteiger partial charge >= 0.3 is 5.69 Å². The van der Waals surface area contributed by atoms with Crippen molar-refractivity contribution in [2.75, 3.05) is 26.0 Å². The van der Waals surface area contributed by atoms with Gasteiger partial charge in [0.05, 0.1) is 4.92 Å². The maximum atomic E-state index is 11.2. The monoisotopic (exact) mass is 283 g/mol. The van der Waals surface area contributed by atoms with Crippen LogP contribution in [0.2, 0.25) is 0 Å². The molecule has 1 aromatic heterocycles. The van der Waals surface area contributed by atoms with E-state index in [9.17, 15) is 10.1 Å². The summed E-state index contributed by atoms with van der Waals surface area (Å²) in [7, 11) is 5.72. The first-order valence-electron chi connectivity index (χ1n) is 6.81. The highest BCUT2D eigenvalue weighted by molar-refractivity contribution is 5.59. The van der Waals surface area contributed by atoms with Crippen LogP contribution in [0.15, 0.2) is 0 Å². The average molecular weight is 283 g/mol. The van der Waals surface area contributed by atoms with Gasteiger partial charge in [0.25, 0.3) is 0 Å². The van der Waals surface area contributed by atoms with Crippen LogP contribution in [-0.4, -0.2) is 46.3 Å². The van der Waals surface area contributed by atoms with E-state index in [0.717, 1.165) is 13.0 Å². The van der Waals surface area contributed by atoms with Crippen molar-refractivity contribution in [3.63, 3.8) is 0 Å². The molecule has 0 fully saturated rings. The van der Waals surface area contributed by atoms with E-state index >= 15 is 0 Å². The second-order valence-electron chi connectivity index (χ2n) is 5.90. The van der Waals surface area contributed by atoms with Crippen molar-refractivity contribution in [1.29, 1.82) is 0 Å². The first-order valence-corrected chi connectivity index (χ1v) is 6.81. The van der Waals surface area contributed by atoms with Gasteiger partial charge in [-0.2, -0.15) is 5.10 Å². The van der Waals surface area contributed by atoms with Crippen LogP contribution in [0.1, 0.15) is 26.0 Å². The summed E-state index contributed by atoms with van der Waals surface area (Å²) < 4.78 is 1.55. The van der Waals surface area contributed by atoms with Crippen molar-refractivity contribution in [1.82, 2.24) is 14.7 Å². The average Bonchev–Trinajstić information content (AvgIpc) is 2.51. The van der Waals surface area contributed by atoms with E-state index in [2.05, 4.69) is 29.2 Å². The van der Waals surface area contributed by atoms with Crippen LogP contribution >= 0.6 is 0 Å². The Hall–Kier alpha value is -1.63. The van der Waals surface area contributed by atoms with Gasteiger partial charge in [0, 0.05) is 19.6 Å². The number of nitro groups is 1. The lowest BCUT2D eigenvalue weighted by atomic mass is 10.0. The first kappa shape index (κ1) is 16.4. The largest absolute Gasteiger partial charge is 0.361 e. The lowest BCUT2D eigenvalue weighted by Crippen LogP contribution is -2.34. The molecule has 7 nitrogen and oxygen atoms in total. The standard InChI is InChI=1S/C13H25N5O2/c1-9(2)7-11(8-16(4)5)14-13-12(18(19)20)10(3)15-17(13)6/h9,11,14H,7-8H2,1-6H3. The molecule has 1 heterocycles. The molecular weight excluding hydrogens is 258 g/mol. The van der Waals surface area contributed by atoms with Crippen molar-refractivity contribution < 1.29 is 4.92 Å². The predicted octanol–water partition coefficient (Wildman–Crippen LogP) is 2.02. The fourth-order valence-electron chi connectivity index (χ4n) is 2.41. The van der Waals surface area contributed by atoms with Crippen LogP contribution in [0, 0.1) is 23.0 Å². The fraction of sp³-hybridized carbons (Fsp3) is 0.769. The second-order valence-corrected chi connectivity index (χ2v) is 5.90. The number of hydrogen-bond donors (Lipinski definition) is 1. The molecule has 0 radical (unpaired) electrons. The molecule has 0 aromatic carbocycles. The first-order chi connectivity index (χ1) is 9.22. The van der Waals surface area contributed by atoms with Crippen LogP contribution < -0.4 is 5.32 Å². The Kier molecular flexibility index (Phi) is 5.50. The van der Waals surface area contributed by atoms with Gasteiger partial charge in [-0.05, 0) is 33.4 Å². The number of anilines is 1. The third kappa shape index (κ3) is 4.19. The van der Waals surface area contributed by atoms with E-state index in [1.54, 1.807) is 18.7 Å². The van der Waals surface area contributed by atoms with Crippen molar-refractivity contribution in [3.05, 3.63) is 15.8 Å². The van der Waals surface area contributed by atoms with E-state index in [0.29, 0.717) is 17.4 Å². The molecule has 0 aliphatic carbocycles. The highest BCUT2D eigenvalue weighted by Gasteiger charge is 2.26. The van der Waals surface area contributed by atoms with Gasteiger partial charge in [0.1, 0.15) is 5.69 Å². The summed E-state index contributed by atoms with van der Waals surface area (Å²) in [5, 5.41) is 18.6. The maximum Gasteiger partial charge on any atom is 0.333 e. The van der Waals surface area contributed by atoms with Gasteiger partial charge in [-0.15, -0.1) is 0 Å². The molecule has 114 valence electrons. The predicted molar refractivity (Wildman–Crippen MR) is 80.0 cm³/mol. The number of aromatic nitrogens is 2. The Balaban J connectivity index is 3.01. The minimum Gasteiger partial charge on any atom is -0.361 e. The SMILES string of the molecule is Cc1nn(C)c(NC(CC(C)C)CN(C)C)c1[N+](=O)[O-]. The quantitative estimate of drug-likeness (QED) is 0.612. The summed E-state index contributed by atoms with van der Waals surface area (Å²) in [5.74, 6) is 1.00. The molecule has 0 saturated heterocycles. The molecule has 7 heteroatoms. The molecule has 0 spiro atoms. The van der Waals surface area contributed by atoms with Gasteiger partial charge in [-0.25, -0.2) is 4.68 Å². The normalized spacial score (nSPS) is 13.0. The highest BCUT2D eigenvalue weighted by atomic mass is 16.6. The number of aryl methyl sites for hydroxylation is 2. The van der Waals surface area contributed by atoms with Gasteiger partial charge in [0.2, 0.25) is 5.82 Å². The Labute approximate surface area is 120 Å². The van der Waals surface area contributed by atoms with Crippen molar-refractivity contribution in [2.45, 2.75) is 33.2 Å². The van der Waals surface area contributed by atoms with Crippen LogP contribution in [0.25, 0.3) is 0 Å². The maximum absolute atomic E-state index is 11.2. The van der Waals surface area contributed by atoms with Crippen LogP contribution in [0.4, 0.5) is 11.5 Å². The third-order valence-corrected chi connectivity index (χ3v) is 3.06. The zero-order valence-electron chi connectivity index (χ0n) is 13.2. The lowest BCUT2D eigenvalue weighted by molar-refractivity contribution is -0.384. The molecule has 1 rings (SSSR count). The smallest absolute Gasteiger partial charge is 0.333 e. The number of hydrogen-bond acceptors (Lipinski definition) is 5. The Morgan fingerprint density at radius 1 is 1.45 bits per heavy atom. The number of rotatable bonds is 7. The number of likely N-dealkylation sites (N-methyl/N-ethyl adjacent to an activating group) is 1. The van der Waals surface area contributed by atoms with Crippen LogP contribution in [0.5, 0.6) is 0 Å². The van der Waals surface area contributed by atoms with Crippen molar-refractivity contribution >= 4 is 11.5 Å². The molecule has 1 N–H and O–H groups in total. The van der Waals surface area contributed by atoms with Crippen LogP contribution in [-0.2, 0) is 7.05 Å². The molecule has 0 aliphatic heterocycles. The van der Waals surface area contributed by atoms with Gasteiger partial charge in [-0.3, -0.25) is 10.1 Å². The Bertz CT molecular complexity index is 458. The summed E-state index contributed by atoms with van der Waals surface area (Å²) in [6.45, 7) is 6.77. The number of nitrogens with one attached hydrogen (secondary N) is 1. The zero-order chi connectivity index (χ0) is 15.4. The summed E-state index contributed by atoms with van der Waals surface area (Å²) in [6, 6.07) is 0.151. The minimum absolute atomic E-state index is 0.0695.